The maximum Gasteiger partial charge on any atom is 0.269 e. The minimum atomic E-state index is -4.02. The van der Waals surface area contributed by atoms with Crippen LogP contribution in [0.2, 0.25) is 5.02 Å². The van der Waals surface area contributed by atoms with Gasteiger partial charge in [0.15, 0.2) is 0 Å². The summed E-state index contributed by atoms with van der Waals surface area (Å²) in [7, 11) is -4.02. The number of likely N-dealkylation sites (N-methyl/N-ethyl adjacent to an activating group) is 1. The second kappa shape index (κ2) is 10.4. The number of fused-ring (bicyclic) bond motifs is 1. The zero-order valence-electron chi connectivity index (χ0n) is 18.5. The number of nitrogens with one attached hydrogen (secondary N) is 1. The van der Waals surface area contributed by atoms with E-state index in [4.69, 9.17) is 11.6 Å². The SMILES string of the molecule is CCNC(=O)[C@H](CC)N(Cc1ccccc1Cl)C(=O)CCN1C(=O)c2ccccc2S1(=O)=O. The van der Waals surface area contributed by atoms with E-state index in [1.807, 2.05) is 0 Å². The summed E-state index contributed by atoms with van der Waals surface area (Å²) in [5.41, 5.74) is 0.749. The van der Waals surface area contributed by atoms with Crippen molar-refractivity contribution in [2.45, 2.75) is 44.2 Å². The fourth-order valence-corrected chi connectivity index (χ4v) is 5.58. The molecule has 0 aliphatic carbocycles. The summed E-state index contributed by atoms with van der Waals surface area (Å²) < 4.78 is 26.3. The third kappa shape index (κ3) is 5.04. The average molecular weight is 492 g/mol. The summed E-state index contributed by atoms with van der Waals surface area (Å²) in [5.74, 6) is -1.42. The van der Waals surface area contributed by atoms with Crippen LogP contribution in [0.4, 0.5) is 0 Å². The van der Waals surface area contributed by atoms with E-state index in [1.54, 1.807) is 50.2 Å². The Bertz CT molecular complexity index is 1170. The highest BCUT2D eigenvalue weighted by atomic mass is 35.5. The molecule has 1 aliphatic rings. The number of rotatable bonds is 9. The lowest BCUT2D eigenvalue weighted by atomic mass is 10.1. The molecule has 1 N–H and O–H groups in total. The molecular formula is C23H26ClN3O5S. The van der Waals surface area contributed by atoms with E-state index in [0.29, 0.717) is 23.6 Å². The van der Waals surface area contributed by atoms with Crippen LogP contribution in [-0.4, -0.2) is 54.5 Å². The Morgan fingerprint density at radius 3 is 2.39 bits per heavy atom. The van der Waals surface area contributed by atoms with Crippen molar-refractivity contribution < 1.29 is 22.8 Å². The summed E-state index contributed by atoms with van der Waals surface area (Å²) in [6, 6.07) is 12.2. The first-order valence-electron chi connectivity index (χ1n) is 10.7. The van der Waals surface area contributed by atoms with Gasteiger partial charge in [-0.25, -0.2) is 12.7 Å². The summed E-state index contributed by atoms with van der Waals surface area (Å²) >= 11 is 6.28. The van der Waals surface area contributed by atoms with Gasteiger partial charge in [0, 0.05) is 31.1 Å². The second-order valence-electron chi connectivity index (χ2n) is 7.56. The first kappa shape index (κ1) is 24.7. The lowest BCUT2D eigenvalue weighted by Gasteiger charge is -2.31. The van der Waals surface area contributed by atoms with Gasteiger partial charge >= 0.3 is 0 Å². The number of hydrogen-bond acceptors (Lipinski definition) is 5. The molecule has 0 bridgehead atoms. The third-order valence-corrected chi connectivity index (χ3v) is 7.69. The molecule has 176 valence electrons. The number of halogens is 1. The molecule has 8 nitrogen and oxygen atoms in total. The minimum Gasteiger partial charge on any atom is -0.355 e. The van der Waals surface area contributed by atoms with Crippen molar-refractivity contribution in [3.05, 3.63) is 64.7 Å². The van der Waals surface area contributed by atoms with Crippen molar-refractivity contribution in [1.29, 1.82) is 0 Å². The molecule has 0 unspecified atom stereocenters. The topological polar surface area (TPSA) is 104 Å². The molecule has 0 spiro atoms. The molecule has 1 atom stereocenters. The Balaban J connectivity index is 1.84. The molecule has 0 aromatic heterocycles. The first-order chi connectivity index (χ1) is 15.7. The van der Waals surface area contributed by atoms with Crippen LogP contribution in [0.15, 0.2) is 53.4 Å². The summed E-state index contributed by atoms with van der Waals surface area (Å²) in [5, 5.41) is 3.19. The van der Waals surface area contributed by atoms with Crippen LogP contribution in [-0.2, 0) is 26.2 Å². The molecule has 1 aliphatic heterocycles. The Morgan fingerprint density at radius 2 is 1.76 bits per heavy atom. The van der Waals surface area contributed by atoms with E-state index < -0.39 is 27.9 Å². The number of benzene rings is 2. The Kier molecular flexibility index (Phi) is 7.76. The summed E-state index contributed by atoms with van der Waals surface area (Å²) in [6.07, 6.45) is 0.0910. The maximum atomic E-state index is 13.3. The van der Waals surface area contributed by atoms with E-state index in [9.17, 15) is 22.8 Å². The first-order valence-corrected chi connectivity index (χ1v) is 12.5. The van der Waals surface area contributed by atoms with E-state index in [1.165, 1.54) is 17.0 Å². The van der Waals surface area contributed by atoms with Gasteiger partial charge < -0.3 is 10.2 Å². The third-order valence-electron chi connectivity index (χ3n) is 5.48. The van der Waals surface area contributed by atoms with Gasteiger partial charge in [0.1, 0.15) is 10.9 Å². The normalized spacial score (nSPS) is 15.1. The average Bonchev–Trinajstić information content (AvgIpc) is 2.99. The van der Waals surface area contributed by atoms with Crippen LogP contribution >= 0.6 is 11.6 Å². The monoisotopic (exact) mass is 491 g/mol. The Morgan fingerprint density at radius 1 is 1.09 bits per heavy atom. The highest BCUT2D eigenvalue weighted by molar-refractivity contribution is 7.90. The van der Waals surface area contributed by atoms with Gasteiger partial charge in [0.2, 0.25) is 11.8 Å². The van der Waals surface area contributed by atoms with Crippen molar-refractivity contribution in [1.82, 2.24) is 14.5 Å². The fourth-order valence-electron chi connectivity index (χ4n) is 3.81. The van der Waals surface area contributed by atoms with E-state index in [0.717, 1.165) is 4.31 Å². The van der Waals surface area contributed by atoms with Gasteiger partial charge in [-0.15, -0.1) is 0 Å². The second-order valence-corrected chi connectivity index (χ2v) is 9.80. The molecule has 3 rings (SSSR count). The van der Waals surface area contributed by atoms with Crippen molar-refractivity contribution in [3.8, 4) is 0 Å². The number of carbonyl (C=O) groups is 3. The van der Waals surface area contributed by atoms with Crippen LogP contribution in [0.3, 0.4) is 0 Å². The molecule has 2 aromatic carbocycles. The lowest BCUT2D eigenvalue weighted by Crippen LogP contribution is -2.49. The molecular weight excluding hydrogens is 466 g/mol. The number of hydrogen-bond donors (Lipinski definition) is 1. The van der Waals surface area contributed by atoms with Crippen LogP contribution in [0.25, 0.3) is 0 Å². The molecule has 0 fully saturated rings. The summed E-state index contributed by atoms with van der Waals surface area (Å²) in [4.78, 5) is 39.9. The molecule has 0 radical (unpaired) electrons. The highest BCUT2D eigenvalue weighted by Gasteiger charge is 2.41. The van der Waals surface area contributed by atoms with Crippen molar-refractivity contribution in [3.63, 3.8) is 0 Å². The maximum absolute atomic E-state index is 13.3. The predicted molar refractivity (Wildman–Crippen MR) is 124 cm³/mol. The number of nitrogens with zero attached hydrogens (tertiary/aromatic N) is 2. The van der Waals surface area contributed by atoms with Gasteiger partial charge in [-0.3, -0.25) is 14.4 Å². The molecule has 3 amide bonds. The zero-order chi connectivity index (χ0) is 24.2. The van der Waals surface area contributed by atoms with Crippen molar-refractivity contribution in [2.24, 2.45) is 0 Å². The number of carbonyl (C=O) groups excluding carboxylic acids is 3. The number of amides is 3. The van der Waals surface area contributed by atoms with Crippen LogP contribution in [0.5, 0.6) is 0 Å². The van der Waals surface area contributed by atoms with Gasteiger partial charge in [0.25, 0.3) is 15.9 Å². The molecule has 1 heterocycles. The fraction of sp³-hybridized carbons (Fsp3) is 0.348. The van der Waals surface area contributed by atoms with Gasteiger partial charge in [-0.2, -0.15) is 0 Å². The van der Waals surface area contributed by atoms with E-state index >= 15 is 0 Å². The quantitative estimate of drug-likeness (QED) is 0.581. The summed E-state index contributed by atoms with van der Waals surface area (Å²) in [6.45, 7) is 3.74. The predicted octanol–water partition coefficient (Wildman–Crippen LogP) is 2.82. The van der Waals surface area contributed by atoms with Crippen molar-refractivity contribution in [2.75, 3.05) is 13.1 Å². The molecule has 0 saturated heterocycles. The largest absolute Gasteiger partial charge is 0.355 e. The zero-order valence-corrected chi connectivity index (χ0v) is 20.0. The Hall–Kier alpha value is -2.91. The van der Waals surface area contributed by atoms with Crippen LogP contribution in [0.1, 0.15) is 42.6 Å². The van der Waals surface area contributed by atoms with Gasteiger partial charge in [-0.1, -0.05) is 48.9 Å². The van der Waals surface area contributed by atoms with Crippen LogP contribution < -0.4 is 5.32 Å². The molecule has 2 aromatic rings. The number of sulfonamides is 1. The highest BCUT2D eigenvalue weighted by Crippen LogP contribution is 2.30. The van der Waals surface area contributed by atoms with E-state index in [2.05, 4.69) is 5.32 Å². The van der Waals surface area contributed by atoms with E-state index in [-0.39, 0.29) is 35.9 Å². The van der Waals surface area contributed by atoms with Gasteiger partial charge in [-0.05, 0) is 37.1 Å². The standard InChI is InChI=1S/C23H26ClN3O5S/c1-3-19(22(29)25-4-2)26(15-16-9-5-7-11-18(16)24)21(28)13-14-27-23(30)17-10-6-8-12-20(17)33(27,31)32/h5-12,19H,3-4,13-15H2,1-2H3,(H,25,29)/t19-/m0/s1. The smallest absolute Gasteiger partial charge is 0.269 e. The van der Waals surface area contributed by atoms with Crippen molar-refractivity contribution >= 4 is 39.3 Å². The minimum absolute atomic E-state index is 0.0656. The molecule has 10 heteroatoms. The van der Waals surface area contributed by atoms with Crippen LogP contribution in [0, 0.1) is 0 Å². The molecule has 33 heavy (non-hydrogen) atoms. The lowest BCUT2D eigenvalue weighted by molar-refractivity contribution is -0.141. The molecule has 0 saturated carbocycles. The van der Waals surface area contributed by atoms with Gasteiger partial charge in [0.05, 0.1) is 5.56 Å². The Labute approximate surface area is 198 Å².